The molecule has 1 unspecified atom stereocenters. The summed E-state index contributed by atoms with van der Waals surface area (Å²) < 4.78 is 16.8. The first kappa shape index (κ1) is 16.9. The van der Waals surface area contributed by atoms with E-state index in [9.17, 15) is 4.79 Å². The molecule has 0 N–H and O–H groups in total. The van der Waals surface area contributed by atoms with Crippen LogP contribution in [0.3, 0.4) is 0 Å². The van der Waals surface area contributed by atoms with E-state index in [2.05, 4.69) is 6.58 Å². The monoisotopic (exact) mass is 314 g/mol. The minimum atomic E-state index is -0.433. The Balaban J connectivity index is 2.18. The van der Waals surface area contributed by atoms with Gasteiger partial charge < -0.3 is 14.2 Å². The van der Waals surface area contributed by atoms with Crippen molar-refractivity contribution in [1.82, 2.24) is 0 Å². The van der Waals surface area contributed by atoms with E-state index in [1.807, 2.05) is 50.2 Å². The largest absolute Gasteiger partial charge is 0.493 e. The molecule has 0 amide bonds. The topological polar surface area (TPSA) is 44.8 Å². The highest BCUT2D eigenvalue weighted by Gasteiger charge is 2.13. The third-order valence-corrected chi connectivity index (χ3v) is 3.47. The molecule has 122 valence electrons. The smallest absolute Gasteiger partial charge is 0.330 e. The van der Waals surface area contributed by atoms with E-state index in [-0.39, 0.29) is 6.10 Å². The fraction of sp³-hybridized carbons (Fsp3) is 0.316. The van der Waals surface area contributed by atoms with Gasteiger partial charge in [0, 0.05) is 16.8 Å². The third kappa shape index (κ3) is 4.25. The van der Waals surface area contributed by atoms with E-state index in [1.165, 1.54) is 0 Å². The first-order valence-corrected chi connectivity index (χ1v) is 7.80. The first-order chi connectivity index (χ1) is 11.2. The maximum atomic E-state index is 11.3. The van der Waals surface area contributed by atoms with Crippen molar-refractivity contribution in [3.8, 4) is 11.5 Å². The molecule has 0 aliphatic heterocycles. The Kier molecular flexibility index (Phi) is 6.03. The molecule has 2 aromatic rings. The summed E-state index contributed by atoms with van der Waals surface area (Å²) in [5.74, 6) is 1.15. The number of benzene rings is 2. The van der Waals surface area contributed by atoms with Gasteiger partial charge in [0.25, 0.3) is 0 Å². The van der Waals surface area contributed by atoms with Crippen LogP contribution in [0.1, 0.15) is 20.3 Å². The number of carbonyl (C=O) groups excluding carboxylic acids is 1. The van der Waals surface area contributed by atoms with Crippen molar-refractivity contribution in [2.45, 2.75) is 26.4 Å². The Morgan fingerprint density at radius 1 is 1.09 bits per heavy atom. The van der Waals surface area contributed by atoms with Crippen LogP contribution in [0, 0.1) is 0 Å². The molecule has 0 bridgehead atoms. The van der Waals surface area contributed by atoms with Crippen LogP contribution in [0.5, 0.6) is 11.5 Å². The second-order valence-corrected chi connectivity index (χ2v) is 5.02. The summed E-state index contributed by atoms with van der Waals surface area (Å²) in [4.78, 5) is 11.3. The van der Waals surface area contributed by atoms with Crippen LogP contribution in [-0.2, 0) is 9.53 Å². The van der Waals surface area contributed by atoms with Crippen molar-refractivity contribution in [3.63, 3.8) is 0 Å². The van der Waals surface area contributed by atoms with Gasteiger partial charge in [0.1, 0.15) is 24.2 Å². The van der Waals surface area contributed by atoms with Crippen LogP contribution in [0.4, 0.5) is 0 Å². The van der Waals surface area contributed by atoms with Crippen LogP contribution in [0.25, 0.3) is 10.8 Å². The first-order valence-electron chi connectivity index (χ1n) is 7.80. The molecule has 0 heterocycles. The van der Waals surface area contributed by atoms with Gasteiger partial charge >= 0.3 is 5.97 Å². The summed E-state index contributed by atoms with van der Waals surface area (Å²) in [7, 11) is 0. The SMILES string of the molecule is C=CC(=O)OC(CC)COc1ccc(OCC)c2ccccc12. The summed E-state index contributed by atoms with van der Waals surface area (Å²) >= 11 is 0. The highest BCUT2D eigenvalue weighted by Crippen LogP contribution is 2.33. The number of hydrogen-bond acceptors (Lipinski definition) is 4. The van der Waals surface area contributed by atoms with Crippen molar-refractivity contribution in [2.24, 2.45) is 0 Å². The molecular formula is C19H22O4. The lowest BCUT2D eigenvalue weighted by atomic mass is 10.1. The summed E-state index contributed by atoms with van der Waals surface area (Å²) in [5.41, 5.74) is 0. The molecule has 0 fully saturated rings. The Morgan fingerprint density at radius 2 is 1.70 bits per heavy atom. The molecule has 4 heteroatoms. The van der Waals surface area contributed by atoms with Crippen molar-refractivity contribution in [1.29, 1.82) is 0 Å². The maximum absolute atomic E-state index is 11.3. The number of hydrogen-bond donors (Lipinski definition) is 0. The molecule has 2 aromatic carbocycles. The molecule has 23 heavy (non-hydrogen) atoms. The van der Waals surface area contributed by atoms with Gasteiger partial charge in [-0.2, -0.15) is 0 Å². The van der Waals surface area contributed by atoms with E-state index in [4.69, 9.17) is 14.2 Å². The quantitative estimate of drug-likeness (QED) is 0.543. The maximum Gasteiger partial charge on any atom is 0.330 e. The van der Waals surface area contributed by atoms with Crippen LogP contribution < -0.4 is 9.47 Å². The van der Waals surface area contributed by atoms with Gasteiger partial charge in [-0.25, -0.2) is 4.79 Å². The van der Waals surface area contributed by atoms with Gasteiger partial charge in [-0.05, 0) is 25.5 Å². The molecule has 0 saturated heterocycles. The van der Waals surface area contributed by atoms with E-state index in [0.717, 1.165) is 28.3 Å². The average Bonchev–Trinajstić information content (AvgIpc) is 2.59. The zero-order valence-electron chi connectivity index (χ0n) is 13.6. The van der Waals surface area contributed by atoms with Crippen molar-refractivity contribution in [3.05, 3.63) is 49.1 Å². The van der Waals surface area contributed by atoms with Gasteiger partial charge in [-0.3, -0.25) is 0 Å². The summed E-state index contributed by atoms with van der Waals surface area (Å²) in [6.07, 6.45) is 1.54. The molecule has 0 radical (unpaired) electrons. The summed E-state index contributed by atoms with van der Waals surface area (Å²) in [6, 6.07) is 11.7. The van der Waals surface area contributed by atoms with Crippen molar-refractivity contribution < 1.29 is 19.0 Å². The molecule has 4 nitrogen and oxygen atoms in total. The highest BCUT2D eigenvalue weighted by atomic mass is 16.6. The van der Waals surface area contributed by atoms with Crippen LogP contribution in [-0.4, -0.2) is 25.3 Å². The van der Waals surface area contributed by atoms with Crippen LogP contribution in [0.2, 0.25) is 0 Å². The number of carbonyl (C=O) groups is 1. The Bertz CT molecular complexity index is 678. The fourth-order valence-corrected chi connectivity index (χ4v) is 2.28. The van der Waals surface area contributed by atoms with Crippen LogP contribution >= 0.6 is 0 Å². The van der Waals surface area contributed by atoms with E-state index < -0.39 is 5.97 Å². The zero-order valence-corrected chi connectivity index (χ0v) is 13.6. The second kappa shape index (κ2) is 8.22. The lowest BCUT2D eigenvalue weighted by molar-refractivity contribution is -0.144. The van der Waals surface area contributed by atoms with Crippen molar-refractivity contribution >= 4 is 16.7 Å². The van der Waals surface area contributed by atoms with Gasteiger partial charge in [-0.15, -0.1) is 0 Å². The van der Waals surface area contributed by atoms with E-state index in [0.29, 0.717) is 19.6 Å². The van der Waals surface area contributed by atoms with Crippen LogP contribution in [0.15, 0.2) is 49.1 Å². The van der Waals surface area contributed by atoms with Gasteiger partial charge in [0.2, 0.25) is 0 Å². The standard InChI is InChI=1S/C19H22O4/c1-4-14(23-19(20)5-2)13-22-18-12-11-17(21-6-3)15-9-7-8-10-16(15)18/h5,7-12,14H,2,4,6,13H2,1,3H3. The number of ether oxygens (including phenoxy) is 3. The molecule has 1 atom stereocenters. The Labute approximate surface area is 136 Å². The van der Waals surface area contributed by atoms with Gasteiger partial charge in [-0.1, -0.05) is 37.8 Å². The summed E-state index contributed by atoms with van der Waals surface area (Å²) in [5, 5.41) is 1.98. The number of esters is 1. The molecule has 0 aliphatic rings. The molecule has 0 spiro atoms. The minimum absolute atomic E-state index is 0.300. The predicted octanol–water partition coefficient (Wildman–Crippen LogP) is 4.13. The average molecular weight is 314 g/mol. The summed E-state index contributed by atoms with van der Waals surface area (Å²) in [6.45, 7) is 8.22. The molecular weight excluding hydrogens is 292 g/mol. The number of fused-ring (bicyclic) bond motifs is 1. The Hall–Kier alpha value is -2.49. The van der Waals surface area contributed by atoms with Gasteiger partial charge in [0.15, 0.2) is 0 Å². The Morgan fingerprint density at radius 3 is 2.22 bits per heavy atom. The lowest BCUT2D eigenvalue weighted by Gasteiger charge is -2.17. The third-order valence-electron chi connectivity index (χ3n) is 3.47. The van der Waals surface area contributed by atoms with Gasteiger partial charge in [0.05, 0.1) is 6.61 Å². The predicted molar refractivity (Wildman–Crippen MR) is 91.0 cm³/mol. The number of rotatable bonds is 8. The molecule has 2 rings (SSSR count). The highest BCUT2D eigenvalue weighted by molar-refractivity contribution is 5.93. The minimum Gasteiger partial charge on any atom is -0.493 e. The second-order valence-electron chi connectivity index (χ2n) is 5.02. The van der Waals surface area contributed by atoms with E-state index >= 15 is 0 Å². The molecule has 0 aromatic heterocycles. The van der Waals surface area contributed by atoms with Crippen molar-refractivity contribution in [2.75, 3.05) is 13.2 Å². The van der Waals surface area contributed by atoms with E-state index in [1.54, 1.807) is 0 Å². The molecule has 0 saturated carbocycles. The lowest BCUT2D eigenvalue weighted by Crippen LogP contribution is -2.23. The zero-order chi connectivity index (χ0) is 16.7. The normalized spacial score (nSPS) is 11.7. The fourth-order valence-electron chi connectivity index (χ4n) is 2.28. The molecule has 0 aliphatic carbocycles.